The van der Waals surface area contributed by atoms with Crippen LogP contribution in [0.2, 0.25) is 0 Å². The summed E-state index contributed by atoms with van der Waals surface area (Å²) >= 11 is 5.87. The van der Waals surface area contributed by atoms with Gasteiger partial charge in [-0.2, -0.15) is 0 Å². The summed E-state index contributed by atoms with van der Waals surface area (Å²) in [7, 11) is 0. The van der Waals surface area contributed by atoms with Gasteiger partial charge in [0.05, 0.1) is 10.8 Å². The maximum atomic E-state index is 10.9. The third-order valence-corrected chi connectivity index (χ3v) is 3.04. The first-order chi connectivity index (χ1) is 5.47. The Bertz CT molecular complexity index is 235. The molecular formula is C9H13ClO2. The molecule has 0 heterocycles. The van der Waals surface area contributed by atoms with Crippen LogP contribution in [0.1, 0.15) is 26.7 Å². The molecule has 0 aromatic rings. The number of aliphatic carboxylic acids is 1. The van der Waals surface area contributed by atoms with Crippen molar-refractivity contribution >= 4 is 17.6 Å². The molecule has 0 aliphatic heterocycles. The molecule has 2 unspecified atom stereocenters. The molecule has 1 N–H and O–H groups in total. The van der Waals surface area contributed by atoms with Gasteiger partial charge in [-0.1, -0.05) is 11.6 Å². The summed E-state index contributed by atoms with van der Waals surface area (Å²) in [6.45, 7) is 3.59. The molecule has 0 aromatic heterocycles. The lowest BCUT2D eigenvalue weighted by molar-refractivity contribution is -0.146. The fourth-order valence-electron chi connectivity index (χ4n) is 1.44. The summed E-state index contributed by atoms with van der Waals surface area (Å²) in [5, 5.41) is 8.98. The van der Waals surface area contributed by atoms with Gasteiger partial charge in [-0.25, -0.2) is 0 Å². The smallest absolute Gasteiger partial charge is 0.313 e. The number of rotatable bonds is 1. The van der Waals surface area contributed by atoms with Crippen molar-refractivity contribution in [2.75, 3.05) is 0 Å². The number of hydrogen-bond donors (Lipinski definition) is 1. The van der Waals surface area contributed by atoms with Crippen molar-refractivity contribution in [2.45, 2.75) is 32.1 Å². The second kappa shape index (κ2) is 3.09. The van der Waals surface area contributed by atoms with Crippen molar-refractivity contribution < 1.29 is 9.90 Å². The van der Waals surface area contributed by atoms with E-state index in [2.05, 4.69) is 0 Å². The maximum absolute atomic E-state index is 10.9. The Morgan fingerprint density at radius 1 is 1.83 bits per heavy atom. The zero-order chi connectivity index (χ0) is 9.35. The van der Waals surface area contributed by atoms with Gasteiger partial charge in [0, 0.05) is 0 Å². The summed E-state index contributed by atoms with van der Waals surface area (Å²) < 4.78 is 0. The van der Waals surface area contributed by atoms with Gasteiger partial charge in [0.2, 0.25) is 0 Å². The van der Waals surface area contributed by atoms with Crippen LogP contribution in [-0.2, 0) is 4.79 Å². The quantitative estimate of drug-likeness (QED) is 0.507. The van der Waals surface area contributed by atoms with Crippen LogP contribution in [0.25, 0.3) is 0 Å². The van der Waals surface area contributed by atoms with Crippen LogP contribution in [0, 0.1) is 5.41 Å². The van der Waals surface area contributed by atoms with Gasteiger partial charge < -0.3 is 5.11 Å². The summed E-state index contributed by atoms with van der Waals surface area (Å²) in [4.78, 5) is 10.9. The van der Waals surface area contributed by atoms with E-state index in [0.717, 1.165) is 12.0 Å². The molecule has 2 nitrogen and oxygen atoms in total. The van der Waals surface area contributed by atoms with Crippen molar-refractivity contribution in [3.05, 3.63) is 11.6 Å². The third-order valence-electron chi connectivity index (χ3n) is 2.69. The van der Waals surface area contributed by atoms with Crippen LogP contribution in [0.15, 0.2) is 11.6 Å². The Kier molecular flexibility index (Phi) is 2.47. The fraction of sp³-hybridized carbons (Fsp3) is 0.667. The van der Waals surface area contributed by atoms with E-state index in [1.165, 1.54) is 0 Å². The van der Waals surface area contributed by atoms with Crippen LogP contribution >= 0.6 is 11.6 Å². The van der Waals surface area contributed by atoms with E-state index in [4.69, 9.17) is 16.7 Å². The van der Waals surface area contributed by atoms with Gasteiger partial charge in [0.25, 0.3) is 0 Å². The molecule has 3 heteroatoms. The van der Waals surface area contributed by atoms with E-state index in [0.29, 0.717) is 6.42 Å². The molecule has 0 aromatic carbocycles. The van der Waals surface area contributed by atoms with Crippen LogP contribution in [0.4, 0.5) is 0 Å². The number of alkyl halides is 1. The van der Waals surface area contributed by atoms with Crippen molar-refractivity contribution in [3.8, 4) is 0 Å². The number of carboxylic acids is 1. The van der Waals surface area contributed by atoms with Gasteiger partial charge in [0.15, 0.2) is 0 Å². The van der Waals surface area contributed by atoms with Crippen molar-refractivity contribution in [1.29, 1.82) is 0 Å². The molecule has 1 aliphatic rings. The van der Waals surface area contributed by atoms with Crippen molar-refractivity contribution in [2.24, 2.45) is 5.41 Å². The molecule has 0 fully saturated rings. The third kappa shape index (κ3) is 1.48. The number of carbonyl (C=O) groups is 1. The Balaban J connectivity index is 2.94. The molecule has 68 valence electrons. The SMILES string of the molecule is CC1=CC(Cl)CCC1(C)C(=O)O. The van der Waals surface area contributed by atoms with Gasteiger partial charge >= 0.3 is 5.97 Å². The average Bonchev–Trinajstić information content (AvgIpc) is 1.97. The number of carboxylic acid groups (broad SMARTS) is 1. The molecule has 0 saturated carbocycles. The summed E-state index contributed by atoms with van der Waals surface area (Å²) in [5.74, 6) is -0.750. The molecule has 1 aliphatic carbocycles. The van der Waals surface area contributed by atoms with Crippen LogP contribution in [0.5, 0.6) is 0 Å². The zero-order valence-electron chi connectivity index (χ0n) is 7.30. The number of allylic oxidation sites excluding steroid dienone is 1. The lowest BCUT2D eigenvalue weighted by Crippen LogP contribution is -2.32. The summed E-state index contributed by atoms with van der Waals surface area (Å²) in [6.07, 6.45) is 3.24. The van der Waals surface area contributed by atoms with E-state index >= 15 is 0 Å². The van der Waals surface area contributed by atoms with E-state index in [9.17, 15) is 4.79 Å². The molecule has 1 rings (SSSR count). The Morgan fingerprint density at radius 3 is 2.83 bits per heavy atom. The minimum Gasteiger partial charge on any atom is -0.481 e. The summed E-state index contributed by atoms with van der Waals surface area (Å²) in [5.41, 5.74) is 0.187. The highest BCUT2D eigenvalue weighted by molar-refractivity contribution is 6.22. The maximum Gasteiger partial charge on any atom is 0.313 e. The lowest BCUT2D eigenvalue weighted by atomic mass is 9.75. The zero-order valence-corrected chi connectivity index (χ0v) is 8.06. The highest BCUT2D eigenvalue weighted by Gasteiger charge is 2.37. The molecule has 2 atom stereocenters. The molecule has 0 spiro atoms. The normalized spacial score (nSPS) is 35.9. The molecule has 0 bridgehead atoms. The largest absolute Gasteiger partial charge is 0.481 e. The Hall–Kier alpha value is -0.500. The van der Waals surface area contributed by atoms with Crippen LogP contribution < -0.4 is 0 Å². The second-order valence-electron chi connectivity index (χ2n) is 3.54. The second-order valence-corrected chi connectivity index (χ2v) is 4.10. The lowest BCUT2D eigenvalue weighted by Gasteiger charge is -2.31. The molecule has 0 amide bonds. The Labute approximate surface area is 77.2 Å². The minimum atomic E-state index is -0.750. The molecule has 12 heavy (non-hydrogen) atoms. The highest BCUT2D eigenvalue weighted by atomic mass is 35.5. The molecule has 0 radical (unpaired) electrons. The van der Waals surface area contributed by atoms with Crippen molar-refractivity contribution in [3.63, 3.8) is 0 Å². The fourth-order valence-corrected chi connectivity index (χ4v) is 1.74. The van der Waals surface area contributed by atoms with Gasteiger partial charge in [-0.15, -0.1) is 11.6 Å². The first-order valence-electron chi connectivity index (χ1n) is 4.03. The van der Waals surface area contributed by atoms with Gasteiger partial charge in [-0.05, 0) is 26.7 Å². The number of hydrogen-bond acceptors (Lipinski definition) is 1. The predicted octanol–water partition coefficient (Wildman–Crippen LogP) is 2.42. The standard InChI is InChI=1S/C9H13ClO2/c1-6-5-7(10)3-4-9(6,2)8(11)12/h5,7H,3-4H2,1-2H3,(H,11,12). The Morgan fingerprint density at radius 2 is 2.42 bits per heavy atom. The first kappa shape index (κ1) is 9.59. The van der Waals surface area contributed by atoms with E-state index in [-0.39, 0.29) is 5.38 Å². The first-order valence-corrected chi connectivity index (χ1v) is 4.47. The van der Waals surface area contributed by atoms with E-state index in [1.807, 2.05) is 13.0 Å². The highest BCUT2D eigenvalue weighted by Crippen LogP contribution is 2.38. The molecule has 0 saturated heterocycles. The monoisotopic (exact) mass is 188 g/mol. The van der Waals surface area contributed by atoms with E-state index in [1.54, 1.807) is 6.92 Å². The van der Waals surface area contributed by atoms with Crippen molar-refractivity contribution in [1.82, 2.24) is 0 Å². The topological polar surface area (TPSA) is 37.3 Å². The van der Waals surface area contributed by atoms with Gasteiger partial charge in [0.1, 0.15) is 0 Å². The van der Waals surface area contributed by atoms with Crippen LogP contribution in [-0.4, -0.2) is 16.5 Å². The minimum absolute atomic E-state index is 0.0115. The summed E-state index contributed by atoms with van der Waals surface area (Å²) in [6, 6.07) is 0. The predicted molar refractivity (Wildman–Crippen MR) is 48.4 cm³/mol. The van der Waals surface area contributed by atoms with Crippen LogP contribution in [0.3, 0.4) is 0 Å². The average molecular weight is 189 g/mol. The van der Waals surface area contributed by atoms with E-state index < -0.39 is 11.4 Å². The number of halogens is 1. The molecular weight excluding hydrogens is 176 g/mol. The van der Waals surface area contributed by atoms with Gasteiger partial charge in [-0.3, -0.25) is 4.79 Å².